The second-order valence-corrected chi connectivity index (χ2v) is 7.38. The Morgan fingerprint density at radius 2 is 1.91 bits per heavy atom. The third kappa shape index (κ3) is 4.56. The van der Waals surface area contributed by atoms with E-state index in [1.54, 1.807) is 35.8 Å². The largest absolute Gasteiger partial charge is 0.416 e. The lowest BCUT2D eigenvalue weighted by Gasteiger charge is -2.12. The molecule has 0 spiro atoms. The predicted molar refractivity (Wildman–Crippen MR) is 112 cm³/mol. The maximum atomic E-state index is 13.1. The molecule has 0 radical (unpaired) electrons. The first-order valence-electron chi connectivity index (χ1n) is 9.82. The second-order valence-electron chi connectivity index (χ2n) is 7.38. The number of hydrogen-bond acceptors (Lipinski definition) is 5. The summed E-state index contributed by atoms with van der Waals surface area (Å²) in [5.41, 5.74) is 0.415. The Labute approximate surface area is 185 Å². The standard InChI is InChI=1S/C22H18F3N5O3/c1-12-6-7-14(9-16(12)22(23,24)25)28-21(32)19-10-17(29-33-19)13(2)27-20(31)15-11-26-30-8-4-3-5-18(15)30/h3-11,13H,1-2H3,(H,27,31)(H,28,32)/t13-/m1/s1. The molecular weight excluding hydrogens is 439 g/mol. The highest BCUT2D eigenvalue weighted by molar-refractivity contribution is 6.02. The quantitative estimate of drug-likeness (QED) is 0.463. The molecule has 0 fully saturated rings. The van der Waals surface area contributed by atoms with Crippen LogP contribution in [-0.2, 0) is 6.18 Å². The van der Waals surface area contributed by atoms with Gasteiger partial charge in [0.05, 0.1) is 28.9 Å². The van der Waals surface area contributed by atoms with E-state index in [-0.39, 0.29) is 22.7 Å². The Hall–Kier alpha value is -4.15. The van der Waals surface area contributed by atoms with Gasteiger partial charge in [-0.1, -0.05) is 17.3 Å². The number of aryl methyl sites for hydroxylation is 1. The number of nitrogens with zero attached hydrogens (tertiary/aromatic N) is 3. The highest BCUT2D eigenvalue weighted by Crippen LogP contribution is 2.33. The minimum absolute atomic E-state index is 0.0367. The smallest absolute Gasteiger partial charge is 0.351 e. The number of carbonyl (C=O) groups is 2. The van der Waals surface area contributed by atoms with Gasteiger partial charge in [-0.25, -0.2) is 4.52 Å². The number of aromatic nitrogens is 3. The molecule has 1 aromatic carbocycles. The summed E-state index contributed by atoms with van der Waals surface area (Å²) >= 11 is 0. The van der Waals surface area contributed by atoms with E-state index in [1.165, 1.54) is 31.3 Å². The van der Waals surface area contributed by atoms with Gasteiger partial charge in [0.2, 0.25) is 5.76 Å². The maximum absolute atomic E-state index is 13.1. The number of alkyl halides is 3. The normalized spacial score (nSPS) is 12.5. The van der Waals surface area contributed by atoms with E-state index in [9.17, 15) is 22.8 Å². The fourth-order valence-electron chi connectivity index (χ4n) is 3.26. The number of fused-ring (bicyclic) bond motifs is 1. The van der Waals surface area contributed by atoms with Crippen LogP contribution in [0.3, 0.4) is 0 Å². The highest BCUT2D eigenvalue weighted by atomic mass is 19.4. The molecule has 0 saturated carbocycles. The summed E-state index contributed by atoms with van der Waals surface area (Å²) in [5.74, 6) is -1.37. The van der Waals surface area contributed by atoms with Crippen molar-refractivity contribution < 1.29 is 27.3 Å². The van der Waals surface area contributed by atoms with E-state index in [4.69, 9.17) is 4.52 Å². The molecule has 3 heterocycles. The Morgan fingerprint density at radius 1 is 1.12 bits per heavy atom. The van der Waals surface area contributed by atoms with Crippen molar-refractivity contribution >= 4 is 23.0 Å². The Morgan fingerprint density at radius 3 is 2.67 bits per heavy atom. The third-order valence-corrected chi connectivity index (χ3v) is 5.02. The molecule has 0 saturated heterocycles. The molecule has 11 heteroatoms. The molecule has 8 nitrogen and oxygen atoms in total. The van der Waals surface area contributed by atoms with Crippen molar-refractivity contribution in [3.63, 3.8) is 0 Å². The van der Waals surface area contributed by atoms with Crippen molar-refractivity contribution in [3.05, 3.63) is 83.0 Å². The van der Waals surface area contributed by atoms with Crippen LogP contribution in [0.2, 0.25) is 0 Å². The Bertz CT molecular complexity index is 1340. The van der Waals surface area contributed by atoms with Crippen LogP contribution in [0.1, 0.15) is 50.7 Å². The van der Waals surface area contributed by atoms with Crippen molar-refractivity contribution in [2.45, 2.75) is 26.1 Å². The number of halogens is 3. The molecule has 4 aromatic rings. The number of anilines is 1. The van der Waals surface area contributed by atoms with Crippen LogP contribution in [0.5, 0.6) is 0 Å². The van der Waals surface area contributed by atoms with Gasteiger partial charge in [-0.15, -0.1) is 0 Å². The Kier molecular flexibility index (Phi) is 5.62. The topological polar surface area (TPSA) is 102 Å². The van der Waals surface area contributed by atoms with Gasteiger partial charge >= 0.3 is 6.18 Å². The van der Waals surface area contributed by atoms with Gasteiger partial charge in [0.1, 0.15) is 5.69 Å². The number of benzene rings is 1. The van der Waals surface area contributed by atoms with E-state index < -0.39 is 29.6 Å². The SMILES string of the molecule is Cc1ccc(NC(=O)c2cc([C@@H](C)NC(=O)c3cnn4ccccc34)no2)cc1C(F)(F)F. The van der Waals surface area contributed by atoms with Gasteiger partial charge in [0, 0.05) is 18.0 Å². The molecule has 3 aromatic heterocycles. The lowest BCUT2D eigenvalue weighted by molar-refractivity contribution is -0.138. The number of pyridine rings is 1. The predicted octanol–water partition coefficient (Wildman–Crippen LogP) is 4.39. The summed E-state index contributed by atoms with van der Waals surface area (Å²) in [6, 6.07) is 9.50. The molecule has 0 aliphatic heterocycles. The van der Waals surface area contributed by atoms with E-state index in [1.807, 2.05) is 0 Å². The summed E-state index contributed by atoms with van der Waals surface area (Å²) in [6.07, 6.45) is -1.39. The maximum Gasteiger partial charge on any atom is 0.416 e. The number of carbonyl (C=O) groups excluding carboxylic acids is 2. The lowest BCUT2D eigenvalue weighted by Crippen LogP contribution is -2.26. The number of nitrogens with one attached hydrogen (secondary N) is 2. The van der Waals surface area contributed by atoms with Crippen LogP contribution < -0.4 is 10.6 Å². The van der Waals surface area contributed by atoms with Crippen LogP contribution in [-0.4, -0.2) is 26.6 Å². The van der Waals surface area contributed by atoms with E-state index >= 15 is 0 Å². The van der Waals surface area contributed by atoms with Gasteiger partial charge in [0.25, 0.3) is 11.8 Å². The van der Waals surface area contributed by atoms with E-state index in [0.717, 1.165) is 6.07 Å². The first kappa shape index (κ1) is 22.1. The molecule has 4 rings (SSSR count). The Balaban J connectivity index is 1.45. The van der Waals surface area contributed by atoms with Crippen molar-refractivity contribution in [2.24, 2.45) is 0 Å². The summed E-state index contributed by atoms with van der Waals surface area (Å²) in [4.78, 5) is 25.1. The summed E-state index contributed by atoms with van der Waals surface area (Å²) < 4.78 is 45.9. The molecule has 0 unspecified atom stereocenters. The van der Waals surface area contributed by atoms with Crippen molar-refractivity contribution in [1.29, 1.82) is 0 Å². The van der Waals surface area contributed by atoms with Gasteiger partial charge in [-0.05, 0) is 43.7 Å². The molecule has 0 aliphatic rings. The average molecular weight is 457 g/mol. The van der Waals surface area contributed by atoms with Gasteiger partial charge in [0.15, 0.2) is 0 Å². The van der Waals surface area contributed by atoms with Gasteiger partial charge < -0.3 is 15.2 Å². The zero-order valence-electron chi connectivity index (χ0n) is 17.5. The number of amides is 2. The zero-order chi connectivity index (χ0) is 23.8. The minimum atomic E-state index is -4.54. The summed E-state index contributed by atoms with van der Waals surface area (Å²) in [5, 5.41) is 13.0. The molecule has 170 valence electrons. The lowest BCUT2D eigenvalue weighted by atomic mass is 10.1. The van der Waals surface area contributed by atoms with E-state index in [0.29, 0.717) is 11.1 Å². The van der Waals surface area contributed by atoms with Crippen LogP contribution in [0.15, 0.2) is 59.4 Å². The second kappa shape index (κ2) is 8.41. The fourth-order valence-corrected chi connectivity index (χ4v) is 3.26. The summed E-state index contributed by atoms with van der Waals surface area (Å²) in [7, 11) is 0. The van der Waals surface area contributed by atoms with Crippen LogP contribution >= 0.6 is 0 Å². The molecule has 1 atom stereocenters. The molecule has 0 bridgehead atoms. The number of rotatable bonds is 5. The first-order valence-corrected chi connectivity index (χ1v) is 9.82. The van der Waals surface area contributed by atoms with Crippen LogP contribution in [0, 0.1) is 6.92 Å². The highest BCUT2D eigenvalue weighted by Gasteiger charge is 2.32. The molecule has 2 amide bonds. The monoisotopic (exact) mass is 457 g/mol. The van der Waals surface area contributed by atoms with Crippen LogP contribution in [0.4, 0.5) is 18.9 Å². The van der Waals surface area contributed by atoms with Crippen LogP contribution in [0.25, 0.3) is 5.52 Å². The van der Waals surface area contributed by atoms with Gasteiger partial charge in [-0.2, -0.15) is 18.3 Å². The minimum Gasteiger partial charge on any atom is -0.351 e. The number of hydrogen-bond donors (Lipinski definition) is 2. The zero-order valence-corrected chi connectivity index (χ0v) is 17.5. The fraction of sp³-hybridized carbons (Fsp3) is 0.182. The van der Waals surface area contributed by atoms with Crippen molar-refractivity contribution in [2.75, 3.05) is 5.32 Å². The van der Waals surface area contributed by atoms with Crippen molar-refractivity contribution in [3.8, 4) is 0 Å². The first-order chi connectivity index (χ1) is 15.6. The molecule has 2 N–H and O–H groups in total. The average Bonchev–Trinajstić information content (AvgIpc) is 3.42. The third-order valence-electron chi connectivity index (χ3n) is 5.02. The molecule has 33 heavy (non-hydrogen) atoms. The molecule has 0 aliphatic carbocycles. The van der Waals surface area contributed by atoms with E-state index in [2.05, 4.69) is 20.9 Å². The van der Waals surface area contributed by atoms with Gasteiger partial charge in [-0.3, -0.25) is 9.59 Å². The van der Waals surface area contributed by atoms with Crippen molar-refractivity contribution in [1.82, 2.24) is 20.1 Å². The molecular formula is C22H18F3N5O3. The summed E-state index contributed by atoms with van der Waals surface area (Å²) in [6.45, 7) is 2.98.